The van der Waals surface area contributed by atoms with E-state index in [2.05, 4.69) is 30.1 Å². The summed E-state index contributed by atoms with van der Waals surface area (Å²) in [4.78, 5) is 4.03. The average Bonchev–Trinajstić information content (AvgIpc) is 1.82. The Hall–Kier alpha value is -1.11. The van der Waals surface area contributed by atoms with E-state index in [1.54, 1.807) is 0 Å². The molecule has 1 rings (SSSR count). The summed E-state index contributed by atoms with van der Waals surface area (Å²) in [5, 5.41) is 0. The van der Waals surface area contributed by atoms with Crippen LogP contribution >= 0.6 is 0 Å². The minimum absolute atomic E-state index is 0.544. The number of nitrogens with two attached hydrogens (primary N) is 1. The Bertz CT molecular complexity index is 282. The standard InChI is InChI=1S/C10H14N2/c1-4-12-10(11)6-8(2)5-9(3)7-10/h5H,1-2,6-7,11H2,3H3. The fourth-order valence-corrected chi connectivity index (χ4v) is 1.63. The van der Waals surface area contributed by atoms with Gasteiger partial charge in [-0.05, 0) is 19.4 Å². The van der Waals surface area contributed by atoms with Crippen LogP contribution in [0.5, 0.6) is 0 Å². The van der Waals surface area contributed by atoms with Crippen LogP contribution in [-0.4, -0.2) is 11.5 Å². The second kappa shape index (κ2) is 3.10. The van der Waals surface area contributed by atoms with Crippen molar-refractivity contribution in [1.29, 1.82) is 0 Å². The quantitative estimate of drug-likeness (QED) is 0.586. The van der Waals surface area contributed by atoms with E-state index in [1.165, 1.54) is 5.57 Å². The molecule has 0 aliphatic heterocycles. The first-order valence-electron chi connectivity index (χ1n) is 3.93. The molecule has 1 unspecified atom stereocenters. The fraction of sp³-hybridized carbons (Fsp3) is 0.400. The maximum atomic E-state index is 5.98. The van der Waals surface area contributed by atoms with Gasteiger partial charge in [-0.25, -0.2) is 4.99 Å². The van der Waals surface area contributed by atoms with Gasteiger partial charge >= 0.3 is 0 Å². The van der Waals surface area contributed by atoms with E-state index in [0.29, 0.717) is 6.42 Å². The van der Waals surface area contributed by atoms with Crippen molar-refractivity contribution in [3.05, 3.63) is 30.4 Å². The van der Waals surface area contributed by atoms with Crippen molar-refractivity contribution in [1.82, 2.24) is 0 Å². The molecule has 1 aliphatic rings. The molecule has 0 saturated heterocycles. The first-order valence-corrected chi connectivity index (χ1v) is 3.93. The van der Waals surface area contributed by atoms with Crippen LogP contribution in [0, 0.1) is 0 Å². The third-order valence-corrected chi connectivity index (χ3v) is 1.87. The van der Waals surface area contributed by atoms with Crippen molar-refractivity contribution in [2.75, 3.05) is 0 Å². The molecule has 0 saturated carbocycles. The van der Waals surface area contributed by atoms with Crippen molar-refractivity contribution in [2.45, 2.75) is 25.4 Å². The predicted octanol–water partition coefficient (Wildman–Crippen LogP) is 1.79. The molecule has 0 heterocycles. The van der Waals surface area contributed by atoms with Crippen LogP contribution in [0.25, 0.3) is 0 Å². The molecule has 0 aromatic rings. The minimum atomic E-state index is -0.544. The number of nitrogens with zero attached hydrogens (tertiary/aromatic N) is 1. The molecule has 64 valence electrons. The van der Waals surface area contributed by atoms with Crippen molar-refractivity contribution < 1.29 is 0 Å². The van der Waals surface area contributed by atoms with Gasteiger partial charge in [-0.2, -0.15) is 0 Å². The summed E-state index contributed by atoms with van der Waals surface area (Å²) in [6.45, 7) is 9.34. The Balaban J connectivity index is 2.92. The molecule has 2 N–H and O–H groups in total. The van der Waals surface area contributed by atoms with E-state index in [-0.39, 0.29) is 0 Å². The third kappa shape index (κ3) is 1.94. The number of hydrogen-bond donors (Lipinski definition) is 1. The summed E-state index contributed by atoms with van der Waals surface area (Å²) in [7, 11) is 0. The van der Waals surface area contributed by atoms with Crippen LogP contribution in [0.15, 0.2) is 35.4 Å². The molecular formula is C10H14N2. The SMILES string of the molecule is C=C=NC1(N)CC(=C)C=C(C)C1. The number of allylic oxidation sites excluding steroid dienone is 1. The van der Waals surface area contributed by atoms with Gasteiger partial charge in [0.2, 0.25) is 0 Å². The highest BCUT2D eigenvalue weighted by atomic mass is 15.0. The molecule has 1 atom stereocenters. The van der Waals surface area contributed by atoms with E-state index in [4.69, 9.17) is 5.73 Å². The lowest BCUT2D eigenvalue weighted by molar-refractivity contribution is 0.432. The maximum Gasteiger partial charge on any atom is 0.125 e. The van der Waals surface area contributed by atoms with E-state index in [9.17, 15) is 0 Å². The average molecular weight is 162 g/mol. The highest BCUT2D eigenvalue weighted by molar-refractivity contribution is 5.48. The Labute approximate surface area is 73.2 Å². The molecule has 0 aromatic heterocycles. The van der Waals surface area contributed by atoms with Gasteiger partial charge in [-0.15, -0.1) is 0 Å². The molecule has 0 radical (unpaired) electrons. The lowest BCUT2D eigenvalue weighted by Gasteiger charge is -2.28. The van der Waals surface area contributed by atoms with Gasteiger partial charge in [-0.1, -0.05) is 23.8 Å². The molecule has 0 spiro atoms. The van der Waals surface area contributed by atoms with Gasteiger partial charge in [0.15, 0.2) is 0 Å². The number of aliphatic imine (C=N–C) groups is 1. The van der Waals surface area contributed by atoms with Gasteiger partial charge in [0.1, 0.15) is 5.66 Å². The summed E-state index contributed by atoms with van der Waals surface area (Å²) < 4.78 is 0. The van der Waals surface area contributed by atoms with Crippen LogP contribution in [0.3, 0.4) is 0 Å². The Morgan fingerprint density at radius 2 is 2.33 bits per heavy atom. The van der Waals surface area contributed by atoms with Gasteiger partial charge in [0.05, 0.1) is 0 Å². The summed E-state index contributed by atoms with van der Waals surface area (Å²) in [6.07, 6.45) is 3.53. The maximum absolute atomic E-state index is 5.98. The largest absolute Gasteiger partial charge is 0.306 e. The lowest BCUT2D eigenvalue weighted by atomic mass is 9.88. The van der Waals surface area contributed by atoms with E-state index < -0.39 is 5.66 Å². The first-order chi connectivity index (χ1) is 5.56. The zero-order valence-corrected chi connectivity index (χ0v) is 7.43. The van der Waals surface area contributed by atoms with Crippen LogP contribution in [0.1, 0.15) is 19.8 Å². The second-order valence-corrected chi connectivity index (χ2v) is 3.38. The molecule has 0 aromatic carbocycles. The molecule has 1 aliphatic carbocycles. The zero-order chi connectivity index (χ0) is 9.19. The van der Waals surface area contributed by atoms with Crippen molar-refractivity contribution in [3.8, 4) is 0 Å². The van der Waals surface area contributed by atoms with E-state index >= 15 is 0 Å². The predicted molar refractivity (Wildman–Crippen MR) is 52.1 cm³/mol. The number of hydrogen-bond acceptors (Lipinski definition) is 2. The Kier molecular flexibility index (Phi) is 2.32. The van der Waals surface area contributed by atoms with Crippen LogP contribution < -0.4 is 5.73 Å². The van der Waals surface area contributed by atoms with Crippen LogP contribution in [0.4, 0.5) is 0 Å². The van der Waals surface area contributed by atoms with Gasteiger partial charge < -0.3 is 5.73 Å². The van der Waals surface area contributed by atoms with E-state index in [0.717, 1.165) is 12.0 Å². The Morgan fingerprint density at radius 3 is 2.83 bits per heavy atom. The van der Waals surface area contributed by atoms with Crippen molar-refractivity contribution in [2.24, 2.45) is 10.7 Å². The molecule has 0 amide bonds. The first kappa shape index (κ1) is 8.98. The normalized spacial score (nSPS) is 29.2. The highest BCUT2D eigenvalue weighted by Gasteiger charge is 2.27. The summed E-state index contributed by atoms with van der Waals surface area (Å²) in [5.74, 6) is 2.50. The molecule has 0 fully saturated rings. The third-order valence-electron chi connectivity index (χ3n) is 1.87. The molecule has 0 bridgehead atoms. The molecule has 12 heavy (non-hydrogen) atoms. The van der Waals surface area contributed by atoms with Crippen LogP contribution in [-0.2, 0) is 0 Å². The zero-order valence-electron chi connectivity index (χ0n) is 7.43. The topological polar surface area (TPSA) is 38.4 Å². The summed E-state index contributed by atoms with van der Waals surface area (Å²) >= 11 is 0. The van der Waals surface area contributed by atoms with Gasteiger partial charge in [0, 0.05) is 12.8 Å². The molecule has 2 nitrogen and oxygen atoms in total. The monoisotopic (exact) mass is 162 g/mol. The van der Waals surface area contributed by atoms with Gasteiger partial charge in [-0.3, -0.25) is 0 Å². The smallest absolute Gasteiger partial charge is 0.125 e. The minimum Gasteiger partial charge on any atom is -0.306 e. The van der Waals surface area contributed by atoms with E-state index in [1.807, 2.05) is 6.92 Å². The lowest BCUT2D eigenvalue weighted by Crippen LogP contribution is -2.39. The summed E-state index contributed by atoms with van der Waals surface area (Å²) in [6, 6.07) is 0. The molecular weight excluding hydrogens is 148 g/mol. The van der Waals surface area contributed by atoms with Crippen molar-refractivity contribution in [3.63, 3.8) is 0 Å². The van der Waals surface area contributed by atoms with Gasteiger partial charge in [0.25, 0.3) is 0 Å². The van der Waals surface area contributed by atoms with Crippen LogP contribution in [0.2, 0.25) is 0 Å². The highest BCUT2D eigenvalue weighted by Crippen LogP contribution is 2.28. The summed E-state index contributed by atoms with van der Waals surface area (Å²) in [5.41, 5.74) is 7.68. The Morgan fingerprint density at radius 1 is 1.67 bits per heavy atom. The van der Waals surface area contributed by atoms with Crippen molar-refractivity contribution >= 4 is 5.87 Å². The molecule has 2 heteroatoms. The number of rotatable bonds is 1. The second-order valence-electron chi connectivity index (χ2n) is 3.38. The fourth-order valence-electron chi connectivity index (χ4n) is 1.63.